The van der Waals surface area contributed by atoms with Crippen molar-refractivity contribution in [2.24, 2.45) is 0 Å². The van der Waals surface area contributed by atoms with Crippen molar-refractivity contribution in [3.05, 3.63) is 29.3 Å². The lowest BCUT2D eigenvalue weighted by molar-refractivity contribution is 0.0949. The lowest BCUT2D eigenvalue weighted by atomic mass is 10.00. The molecule has 20 heavy (non-hydrogen) atoms. The standard InChI is InChI=1S/C16H26N2O2/c1-12(2)13-7-8-15(20-5)14(11-13)16(19)17-9-6-10-18(3)4/h7-8,11-12H,6,9-10H2,1-5H3,(H,17,19). The molecule has 0 unspecified atom stereocenters. The van der Waals surface area contributed by atoms with Crippen molar-refractivity contribution in [2.75, 3.05) is 34.3 Å². The first-order chi connectivity index (χ1) is 9.45. The van der Waals surface area contributed by atoms with Crippen LogP contribution >= 0.6 is 0 Å². The molecule has 4 nitrogen and oxygen atoms in total. The van der Waals surface area contributed by atoms with Gasteiger partial charge in [0.1, 0.15) is 5.75 Å². The van der Waals surface area contributed by atoms with Crippen molar-refractivity contribution in [3.63, 3.8) is 0 Å². The summed E-state index contributed by atoms with van der Waals surface area (Å²) in [5.41, 5.74) is 1.76. The third-order valence-electron chi connectivity index (χ3n) is 3.20. The highest BCUT2D eigenvalue weighted by molar-refractivity contribution is 5.97. The third kappa shape index (κ3) is 4.85. The van der Waals surface area contributed by atoms with Crippen LogP contribution in [0.1, 0.15) is 42.1 Å². The van der Waals surface area contributed by atoms with Crippen molar-refractivity contribution in [1.29, 1.82) is 0 Å². The van der Waals surface area contributed by atoms with Crippen LogP contribution in [0.3, 0.4) is 0 Å². The fourth-order valence-electron chi connectivity index (χ4n) is 1.95. The highest BCUT2D eigenvalue weighted by atomic mass is 16.5. The van der Waals surface area contributed by atoms with E-state index in [9.17, 15) is 4.79 Å². The summed E-state index contributed by atoms with van der Waals surface area (Å²) >= 11 is 0. The summed E-state index contributed by atoms with van der Waals surface area (Å²) in [5, 5.41) is 2.95. The highest BCUT2D eigenvalue weighted by Crippen LogP contribution is 2.24. The van der Waals surface area contributed by atoms with E-state index < -0.39 is 0 Å². The Morgan fingerprint density at radius 1 is 1.35 bits per heavy atom. The molecule has 0 aliphatic rings. The molecule has 0 aliphatic carbocycles. The van der Waals surface area contributed by atoms with Gasteiger partial charge < -0.3 is 15.0 Å². The van der Waals surface area contributed by atoms with E-state index in [0.717, 1.165) is 18.5 Å². The summed E-state index contributed by atoms with van der Waals surface area (Å²) in [4.78, 5) is 14.3. The number of carbonyl (C=O) groups excluding carboxylic acids is 1. The summed E-state index contributed by atoms with van der Waals surface area (Å²) < 4.78 is 5.28. The number of rotatable bonds is 7. The van der Waals surface area contributed by atoms with E-state index in [-0.39, 0.29) is 5.91 Å². The number of benzene rings is 1. The fraction of sp³-hybridized carbons (Fsp3) is 0.562. The second kappa shape index (κ2) is 7.90. The zero-order valence-electron chi connectivity index (χ0n) is 13.2. The van der Waals surface area contributed by atoms with E-state index in [1.165, 1.54) is 0 Å². The maximum Gasteiger partial charge on any atom is 0.255 e. The number of amides is 1. The molecule has 0 saturated heterocycles. The molecule has 1 N–H and O–H groups in total. The molecule has 1 amide bonds. The lowest BCUT2D eigenvalue weighted by Gasteiger charge is -2.13. The maximum atomic E-state index is 12.2. The van der Waals surface area contributed by atoms with Crippen LogP contribution in [0.5, 0.6) is 5.75 Å². The molecule has 0 heterocycles. The molecule has 0 spiro atoms. The minimum atomic E-state index is -0.0666. The molecule has 0 bridgehead atoms. The number of nitrogens with zero attached hydrogens (tertiary/aromatic N) is 1. The van der Waals surface area contributed by atoms with Gasteiger partial charge in [-0.05, 0) is 50.7 Å². The number of methoxy groups -OCH3 is 1. The van der Waals surface area contributed by atoms with Crippen LogP contribution in [0.2, 0.25) is 0 Å². The molecule has 112 valence electrons. The van der Waals surface area contributed by atoms with Crippen LogP contribution < -0.4 is 10.1 Å². The Morgan fingerprint density at radius 2 is 2.05 bits per heavy atom. The Labute approximate surface area is 122 Å². The Bertz CT molecular complexity index is 442. The summed E-state index contributed by atoms with van der Waals surface area (Å²) in [5.74, 6) is 0.948. The van der Waals surface area contributed by atoms with Gasteiger partial charge in [-0.25, -0.2) is 0 Å². The van der Waals surface area contributed by atoms with Gasteiger partial charge in [-0.15, -0.1) is 0 Å². The normalized spacial score (nSPS) is 10.9. The van der Waals surface area contributed by atoms with Crippen molar-refractivity contribution in [2.45, 2.75) is 26.2 Å². The second-order valence-electron chi connectivity index (χ2n) is 5.53. The Kier molecular flexibility index (Phi) is 6.52. The molecule has 4 heteroatoms. The summed E-state index contributed by atoms with van der Waals surface area (Å²) in [6.45, 7) is 5.86. The van der Waals surface area contributed by atoms with Gasteiger partial charge in [0.15, 0.2) is 0 Å². The van der Waals surface area contributed by atoms with Crippen molar-refractivity contribution >= 4 is 5.91 Å². The van der Waals surface area contributed by atoms with Gasteiger partial charge in [0.25, 0.3) is 5.91 Å². The van der Waals surface area contributed by atoms with Gasteiger partial charge in [0, 0.05) is 6.54 Å². The van der Waals surface area contributed by atoms with E-state index >= 15 is 0 Å². The number of ether oxygens (including phenoxy) is 1. The number of hydrogen-bond donors (Lipinski definition) is 1. The van der Waals surface area contributed by atoms with Gasteiger partial charge in [0.05, 0.1) is 12.7 Å². The van der Waals surface area contributed by atoms with Crippen molar-refractivity contribution < 1.29 is 9.53 Å². The Hall–Kier alpha value is -1.55. The van der Waals surface area contributed by atoms with Crippen LogP contribution in [0.15, 0.2) is 18.2 Å². The number of hydrogen-bond acceptors (Lipinski definition) is 3. The number of nitrogens with one attached hydrogen (secondary N) is 1. The van der Waals surface area contributed by atoms with Crippen LogP contribution in [0.25, 0.3) is 0 Å². The van der Waals surface area contributed by atoms with Crippen molar-refractivity contribution in [1.82, 2.24) is 10.2 Å². The van der Waals surface area contributed by atoms with Crippen LogP contribution in [-0.4, -0.2) is 45.1 Å². The molecule has 1 aromatic rings. The highest BCUT2D eigenvalue weighted by Gasteiger charge is 2.13. The van der Waals surface area contributed by atoms with E-state index in [1.54, 1.807) is 7.11 Å². The van der Waals surface area contributed by atoms with Crippen molar-refractivity contribution in [3.8, 4) is 5.75 Å². The molecular formula is C16H26N2O2. The Balaban J connectivity index is 2.72. The zero-order chi connectivity index (χ0) is 15.1. The second-order valence-corrected chi connectivity index (χ2v) is 5.53. The molecule has 0 atom stereocenters. The fourth-order valence-corrected chi connectivity index (χ4v) is 1.95. The average Bonchev–Trinajstić information content (AvgIpc) is 2.42. The minimum absolute atomic E-state index is 0.0666. The van der Waals surface area contributed by atoms with Gasteiger partial charge in [0.2, 0.25) is 0 Å². The van der Waals surface area contributed by atoms with Gasteiger partial charge in [-0.1, -0.05) is 19.9 Å². The quantitative estimate of drug-likeness (QED) is 0.779. The van der Waals surface area contributed by atoms with Gasteiger partial charge >= 0.3 is 0 Å². The molecule has 0 saturated carbocycles. The molecule has 0 aliphatic heterocycles. The summed E-state index contributed by atoms with van der Waals surface area (Å²) in [6, 6.07) is 5.79. The van der Waals surface area contributed by atoms with E-state index in [1.807, 2.05) is 32.3 Å². The van der Waals surface area contributed by atoms with E-state index in [4.69, 9.17) is 4.74 Å². The van der Waals surface area contributed by atoms with E-state index in [2.05, 4.69) is 24.1 Å². The van der Waals surface area contributed by atoms with Gasteiger partial charge in [-0.2, -0.15) is 0 Å². The predicted octanol–water partition coefficient (Wildman–Crippen LogP) is 2.50. The van der Waals surface area contributed by atoms with Gasteiger partial charge in [-0.3, -0.25) is 4.79 Å². The minimum Gasteiger partial charge on any atom is -0.496 e. The topological polar surface area (TPSA) is 41.6 Å². The molecular weight excluding hydrogens is 252 g/mol. The number of carbonyl (C=O) groups is 1. The maximum absolute atomic E-state index is 12.2. The summed E-state index contributed by atoms with van der Waals surface area (Å²) in [6.07, 6.45) is 0.935. The van der Waals surface area contributed by atoms with Crippen LogP contribution in [0.4, 0.5) is 0 Å². The first-order valence-corrected chi connectivity index (χ1v) is 7.06. The molecule has 0 radical (unpaired) electrons. The van der Waals surface area contributed by atoms with E-state index in [0.29, 0.717) is 23.8 Å². The largest absolute Gasteiger partial charge is 0.496 e. The molecule has 1 rings (SSSR count). The molecule has 1 aromatic carbocycles. The predicted molar refractivity (Wildman–Crippen MR) is 82.6 cm³/mol. The van der Waals surface area contributed by atoms with Crippen LogP contribution in [-0.2, 0) is 0 Å². The SMILES string of the molecule is COc1ccc(C(C)C)cc1C(=O)NCCCN(C)C. The monoisotopic (exact) mass is 278 g/mol. The lowest BCUT2D eigenvalue weighted by Crippen LogP contribution is -2.27. The first-order valence-electron chi connectivity index (χ1n) is 7.06. The third-order valence-corrected chi connectivity index (χ3v) is 3.20. The smallest absolute Gasteiger partial charge is 0.255 e. The Morgan fingerprint density at radius 3 is 2.60 bits per heavy atom. The summed E-state index contributed by atoms with van der Waals surface area (Å²) in [7, 11) is 5.64. The molecule has 0 aromatic heterocycles. The zero-order valence-corrected chi connectivity index (χ0v) is 13.2. The average molecular weight is 278 g/mol. The first kappa shape index (κ1) is 16.5. The molecule has 0 fully saturated rings. The van der Waals surface area contributed by atoms with Crippen LogP contribution in [0, 0.1) is 0 Å².